The summed E-state index contributed by atoms with van der Waals surface area (Å²) in [5, 5.41) is 3.32. The van der Waals surface area contributed by atoms with E-state index in [1.165, 1.54) is 13.3 Å². The third-order valence-electron chi connectivity index (χ3n) is 3.57. The molecule has 26 heavy (non-hydrogen) atoms. The van der Waals surface area contributed by atoms with Crippen LogP contribution >= 0.6 is 7.60 Å². The van der Waals surface area contributed by atoms with Gasteiger partial charge in [0.05, 0.1) is 24.6 Å². The SMILES string of the molecule is COc1ccc2c(Nc3cc(F)c(CP(=O)(O)O)cc3F)ccnc2n1. The maximum atomic E-state index is 14.3. The quantitative estimate of drug-likeness (QED) is 0.582. The van der Waals surface area contributed by atoms with E-state index in [2.05, 4.69) is 15.3 Å². The van der Waals surface area contributed by atoms with Gasteiger partial charge in [0, 0.05) is 29.3 Å². The van der Waals surface area contributed by atoms with E-state index >= 15 is 0 Å². The van der Waals surface area contributed by atoms with E-state index in [9.17, 15) is 13.3 Å². The molecule has 3 rings (SSSR count). The summed E-state index contributed by atoms with van der Waals surface area (Å²) in [7, 11) is -3.05. The Bertz CT molecular complexity index is 1030. The highest BCUT2D eigenvalue weighted by Gasteiger charge is 2.19. The van der Waals surface area contributed by atoms with Crippen LogP contribution in [0.5, 0.6) is 5.88 Å². The molecule has 10 heteroatoms. The summed E-state index contributed by atoms with van der Waals surface area (Å²) >= 11 is 0. The van der Waals surface area contributed by atoms with Crippen molar-refractivity contribution in [3.63, 3.8) is 0 Å². The van der Waals surface area contributed by atoms with Crippen molar-refractivity contribution in [2.24, 2.45) is 0 Å². The molecular formula is C16H14F2N3O4P. The number of methoxy groups -OCH3 is 1. The number of fused-ring (bicyclic) bond motifs is 1. The molecule has 0 saturated carbocycles. The largest absolute Gasteiger partial charge is 0.481 e. The lowest BCUT2D eigenvalue weighted by molar-refractivity contribution is 0.370. The number of aromatic nitrogens is 2. The molecule has 2 heterocycles. The Labute approximate surface area is 146 Å². The molecule has 1 aromatic carbocycles. The molecule has 0 saturated heterocycles. The molecule has 2 aromatic heterocycles. The van der Waals surface area contributed by atoms with Gasteiger partial charge in [0.15, 0.2) is 5.65 Å². The van der Waals surface area contributed by atoms with Gasteiger partial charge in [-0.2, -0.15) is 4.98 Å². The molecular weight excluding hydrogens is 367 g/mol. The third-order valence-corrected chi connectivity index (χ3v) is 4.32. The Hall–Kier alpha value is -2.61. The summed E-state index contributed by atoms with van der Waals surface area (Å²) in [6.45, 7) is 0. The Morgan fingerprint density at radius 1 is 1.15 bits per heavy atom. The molecule has 7 nitrogen and oxygen atoms in total. The van der Waals surface area contributed by atoms with Crippen LogP contribution in [-0.4, -0.2) is 26.9 Å². The van der Waals surface area contributed by atoms with Gasteiger partial charge >= 0.3 is 7.60 Å². The van der Waals surface area contributed by atoms with Crippen molar-refractivity contribution in [2.45, 2.75) is 6.16 Å². The number of anilines is 2. The van der Waals surface area contributed by atoms with Crippen molar-refractivity contribution in [1.82, 2.24) is 9.97 Å². The summed E-state index contributed by atoms with van der Waals surface area (Å²) in [5.41, 5.74) is 0.215. The Balaban J connectivity index is 1.98. The van der Waals surface area contributed by atoms with E-state index in [0.29, 0.717) is 22.6 Å². The standard InChI is InChI=1S/C16H14F2N3O4P/c1-25-15-3-2-10-13(4-5-19-16(10)21-15)20-14-7-11(17)9(6-12(14)18)8-26(22,23)24/h2-7H,8H2,1H3,(H,19,20,21)(H2,22,23,24). The second-order valence-electron chi connectivity index (χ2n) is 5.45. The minimum Gasteiger partial charge on any atom is -0.481 e. The topological polar surface area (TPSA) is 105 Å². The fraction of sp³-hybridized carbons (Fsp3) is 0.125. The highest BCUT2D eigenvalue weighted by atomic mass is 31.2. The molecule has 3 aromatic rings. The van der Waals surface area contributed by atoms with Crippen LogP contribution in [0.3, 0.4) is 0 Å². The normalized spacial score (nSPS) is 11.6. The van der Waals surface area contributed by atoms with Gasteiger partial charge in [-0.15, -0.1) is 0 Å². The van der Waals surface area contributed by atoms with Gasteiger partial charge in [0.1, 0.15) is 11.6 Å². The predicted molar refractivity (Wildman–Crippen MR) is 91.5 cm³/mol. The van der Waals surface area contributed by atoms with Gasteiger partial charge in [0.2, 0.25) is 5.88 Å². The predicted octanol–water partition coefficient (Wildman–Crippen LogP) is 3.34. The van der Waals surface area contributed by atoms with E-state index in [4.69, 9.17) is 14.5 Å². The molecule has 0 aliphatic carbocycles. The van der Waals surface area contributed by atoms with Crippen molar-refractivity contribution >= 4 is 30.0 Å². The van der Waals surface area contributed by atoms with Crippen LogP contribution in [-0.2, 0) is 10.7 Å². The van der Waals surface area contributed by atoms with Gasteiger partial charge in [-0.1, -0.05) is 0 Å². The summed E-state index contributed by atoms with van der Waals surface area (Å²) in [4.78, 5) is 26.1. The molecule has 0 radical (unpaired) electrons. The molecule has 0 unspecified atom stereocenters. The van der Waals surface area contributed by atoms with Gasteiger partial charge in [-0.05, 0) is 18.2 Å². The van der Waals surface area contributed by atoms with Gasteiger partial charge in [-0.3, -0.25) is 4.57 Å². The number of nitrogens with one attached hydrogen (secondary N) is 1. The van der Waals surface area contributed by atoms with Gasteiger partial charge in [-0.25, -0.2) is 13.8 Å². The summed E-state index contributed by atoms with van der Waals surface area (Å²) < 4.78 is 44.4. The van der Waals surface area contributed by atoms with Crippen LogP contribution in [0, 0.1) is 11.6 Å². The van der Waals surface area contributed by atoms with Crippen LogP contribution in [0.1, 0.15) is 5.56 Å². The fourth-order valence-electron chi connectivity index (χ4n) is 2.41. The molecule has 0 fully saturated rings. The number of nitrogens with zero attached hydrogens (tertiary/aromatic N) is 2. The van der Waals surface area contributed by atoms with E-state index in [-0.39, 0.29) is 5.69 Å². The van der Waals surface area contributed by atoms with Crippen molar-refractivity contribution in [3.05, 3.63) is 53.7 Å². The van der Waals surface area contributed by atoms with Crippen molar-refractivity contribution in [1.29, 1.82) is 0 Å². The number of hydrogen-bond acceptors (Lipinski definition) is 5. The van der Waals surface area contributed by atoms with Gasteiger partial charge < -0.3 is 19.8 Å². The average Bonchev–Trinajstić information content (AvgIpc) is 2.57. The smallest absolute Gasteiger partial charge is 0.330 e. The van der Waals surface area contributed by atoms with Crippen LogP contribution in [0.2, 0.25) is 0 Å². The van der Waals surface area contributed by atoms with Crippen molar-refractivity contribution in [3.8, 4) is 5.88 Å². The maximum absolute atomic E-state index is 14.3. The molecule has 0 amide bonds. The van der Waals surface area contributed by atoms with E-state index in [1.807, 2.05) is 0 Å². The number of rotatable bonds is 5. The van der Waals surface area contributed by atoms with Crippen LogP contribution in [0.4, 0.5) is 20.2 Å². The zero-order valence-corrected chi connectivity index (χ0v) is 14.4. The first kappa shape index (κ1) is 18.2. The van der Waals surface area contributed by atoms with Crippen molar-refractivity contribution < 1.29 is 27.9 Å². The third kappa shape index (κ3) is 3.96. The minimum atomic E-state index is -4.51. The number of halogens is 2. The number of ether oxygens (including phenoxy) is 1. The first-order valence-corrected chi connectivity index (χ1v) is 9.16. The first-order chi connectivity index (χ1) is 12.3. The summed E-state index contributed by atoms with van der Waals surface area (Å²) in [6, 6.07) is 6.46. The lowest BCUT2D eigenvalue weighted by Gasteiger charge is -2.12. The lowest BCUT2D eigenvalue weighted by Crippen LogP contribution is -2.00. The molecule has 3 N–H and O–H groups in total. The molecule has 136 valence electrons. The molecule has 0 aliphatic heterocycles. The summed E-state index contributed by atoms with van der Waals surface area (Å²) in [5.74, 6) is -1.40. The van der Waals surface area contributed by atoms with Gasteiger partial charge in [0.25, 0.3) is 0 Å². The zero-order valence-electron chi connectivity index (χ0n) is 13.5. The molecule has 0 spiro atoms. The lowest BCUT2D eigenvalue weighted by atomic mass is 10.2. The molecule has 0 bridgehead atoms. The van der Waals surface area contributed by atoms with Crippen LogP contribution in [0.25, 0.3) is 11.0 Å². The highest BCUT2D eigenvalue weighted by molar-refractivity contribution is 7.50. The Morgan fingerprint density at radius 2 is 1.92 bits per heavy atom. The van der Waals surface area contributed by atoms with Crippen LogP contribution < -0.4 is 10.1 Å². The van der Waals surface area contributed by atoms with Crippen molar-refractivity contribution in [2.75, 3.05) is 12.4 Å². The van der Waals surface area contributed by atoms with Crippen LogP contribution in [0.15, 0.2) is 36.5 Å². The fourth-order valence-corrected chi connectivity index (χ4v) is 3.09. The highest BCUT2D eigenvalue weighted by Crippen LogP contribution is 2.40. The maximum Gasteiger partial charge on any atom is 0.330 e. The Kier molecular flexibility index (Phi) is 4.86. The Morgan fingerprint density at radius 3 is 2.62 bits per heavy atom. The number of pyridine rings is 2. The number of benzene rings is 1. The number of hydrogen-bond donors (Lipinski definition) is 3. The first-order valence-electron chi connectivity index (χ1n) is 7.36. The monoisotopic (exact) mass is 381 g/mol. The van der Waals surface area contributed by atoms with E-state index in [1.54, 1.807) is 18.2 Å². The second kappa shape index (κ2) is 6.95. The zero-order chi connectivity index (χ0) is 18.9. The minimum absolute atomic E-state index is 0.180. The molecule has 0 atom stereocenters. The summed E-state index contributed by atoms with van der Waals surface area (Å²) in [6.07, 6.45) is 0.575. The van der Waals surface area contributed by atoms with E-state index < -0.39 is 31.0 Å². The molecule has 0 aliphatic rings. The average molecular weight is 381 g/mol. The van der Waals surface area contributed by atoms with E-state index in [0.717, 1.165) is 12.1 Å². The second-order valence-corrected chi connectivity index (χ2v) is 7.10.